The van der Waals surface area contributed by atoms with Crippen molar-refractivity contribution in [2.24, 2.45) is 10.7 Å². The Bertz CT molecular complexity index is 3140. The molecule has 2 heterocycles. The van der Waals surface area contributed by atoms with Crippen LogP contribution in [0.15, 0.2) is 210 Å². The Morgan fingerprint density at radius 2 is 1.24 bits per heavy atom. The number of aliphatic imine (C=N–C) groups is 1. The fraction of sp³-hybridized carbons (Fsp3) is 0.0377. The molecule has 0 atom stereocenters. The fourth-order valence-electron chi connectivity index (χ4n) is 8.30. The lowest BCUT2D eigenvalue weighted by atomic mass is 9.95. The molecule has 0 amide bonds. The van der Waals surface area contributed by atoms with Gasteiger partial charge in [0.2, 0.25) is 0 Å². The minimum absolute atomic E-state index is 0.456. The summed E-state index contributed by atoms with van der Waals surface area (Å²) >= 11 is 0. The van der Waals surface area contributed by atoms with Gasteiger partial charge in [-0.2, -0.15) is 0 Å². The number of amidine groups is 1. The number of rotatable bonds is 9. The largest absolute Gasteiger partial charge is 0.456 e. The highest BCUT2D eigenvalue weighted by Crippen LogP contribution is 2.48. The van der Waals surface area contributed by atoms with Crippen molar-refractivity contribution in [3.8, 4) is 16.8 Å². The summed E-state index contributed by atoms with van der Waals surface area (Å²) in [5, 5.41) is 4.55. The van der Waals surface area contributed by atoms with Gasteiger partial charge < -0.3 is 19.6 Å². The van der Waals surface area contributed by atoms with Crippen LogP contribution in [0.2, 0.25) is 0 Å². The number of nitrogens with zero attached hydrogens (tertiary/aromatic N) is 3. The summed E-state index contributed by atoms with van der Waals surface area (Å²) in [6.45, 7) is 0. The number of fused-ring (bicyclic) bond motifs is 7. The number of aromatic nitrogens is 1. The Balaban J connectivity index is 1.16. The Kier molecular flexibility index (Phi) is 8.88. The first-order valence-electron chi connectivity index (χ1n) is 19.6. The number of anilines is 2. The summed E-state index contributed by atoms with van der Waals surface area (Å²) in [7, 11) is 2.13. The van der Waals surface area contributed by atoms with E-state index in [2.05, 4.69) is 180 Å². The minimum atomic E-state index is 0.456. The van der Waals surface area contributed by atoms with Gasteiger partial charge in [0.15, 0.2) is 0 Å². The number of nitrogens with two attached hydrogens (primary N) is 1. The topological polar surface area (TPSA) is 59.7 Å². The van der Waals surface area contributed by atoms with E-state index >= 15 is 0 Å². The van der Waals surface area contributed by atoms with Gasteiger partial charge in [-0.1, -0.05) is 146 Å². The Morgan fingerprint density at radius 3 is 2.02 bits per heavy atom. The third-order valence-corrected chi connectivity index (χ3v) is 11.1. The summed E-state index contributed by atoms with van der Waals surface area (Å²) in [4.78, 5) is 7.32. The van der Waals surface area contributed by atoms with Gasteiger partial charge in [-0.05, 0) is 77.7 Å². The summed E-state index contributed by atoms with van der Waals surface area (Å²) in [6.07, 6.45) is 2.90. The maximum Gasteiger partial charge on any atom is 0.136 e. The molecule has 0 radical (unpaired) electrons. The Hall–Kier alpha value is -7.63. The molecule has 2 N–H and O–H groups in total. The molecule has 0 aliphatic rings. The second-order valence-electron chi connectivity index (χ2n) is 14.6. The third-order valence-electron chi connectivity index (χ3n) is 11.1. The second kappa shape index (κ2) is 14.8. The smallest absolute Gasteiger partial charge is 0.136 e. The van der Waals surface area contributed by atoms with Crippen molar-refractivity contribution < 1.29 is 4.42 Å². The van der Waals surface area contributed by atoms with E-state index in [0.29, 0.717) is 5.84 Å². The average molecular weight is 749 g/mol. The zero-order valence-corrected chi connectivity index (χ0v) is 32.1. The van der Waals surface area contributed by atoms with E-state index in [-0.39, 0.29) is 0 Å². The van der Waals surface area contributed by atoms with Gasteiger partial charge in [0.25, 0.3) is 0 Å². The molecule has 5 nitrogen and oxygen atoms in total. The first kappa shape index (κ1) is 34.8. The molecular formula is C53H40N4O. The molecule has 8 aromatic carbocycles. The Morgan fingerprint density at radius 1 is 0.603 bits per heavy atom. The molecule has 5 heteroatoms. The van der Waals surface area contributed by atoms with Gasteiger partial charge >= 0.3 is 0 Å². The first-order valence-corrected chi connectivity index (χ1v) is 19.6. The summed E-state index contributed by atoms with van der Waals surface area (Å²) in [5.74, 6) is 0.456. The van der Waals surface area contributed by atoms with Gasteiger partial charge in [-0.15, -0.1) is 0 Å². The summed E-state index contributed by atoms with van der Waals surface area (Å²) in [6, 6.07) is 67.5. The number of furan rings is 1. The Labute approximate surface area is 337 Å². The highest BCUT2D eigenvalue weighted by molar-refractivity contribution is 6.31. The average Bonchev–Trinajstić information content (AvgIpc) is 3.84. The van der Waals surface area contributed by atoms with Crippen LogP contribution < -0.4 is 10.6 Å². The molecule has 10 rings (SSSR count). The van der Waals surface area contributed by atoms with Crippen LogP contribution in [-0.2, 0) is 6.42 Å². The molecule has 2 aromatic heterocycles. The maximum absolute atomic E-state index is 6.89. The number of hydrogen-bond donors (Lipinski definition) is 1. The van der Waals surface area contributed by atoms with E-state index in [0.717, 1.165) is 89.8 Å². The van der Waals surface area contributed by atoms with E-state index in [1.54, 1.807) is 0 Å². The van der Waals surface area contributed by atoms with Gasteiger partial charge in [-0.3, -0.25) is 0 Å². The SMILES string of the molecule is CN(c1cccc(C(N)=N/C(=C\Cc2ccccc2)c2ccccc2)c1)c1ccc2c(c1-c1ccccc1)c1c3c(ccc1n2-c1ccccc1)oc1ccccc13. The quantitative estimate of drug-likeness (QED) is 0.118. The van der Waals surface area contributed by atoms with E-state index in [9.17, 15) is 0 Å². The summed E-state index contributed by atoms with van der Waals surface area (Å²) in [5.41, 5.74) is 20.2. The fourth-order valence-corrected chi connectivity index (χ4v) is 8.30. The normalized spacial score (nSPS) is 12.2. The number of allylic oxidation sites excluding steroid dienone is 1. The van der Waals surface area contributed by atoms with E-state index in [1.165, 1.54) is 10.9 Å². The molecule has 278 valence electrons. The van der Waals surface area contributed by atoms with Crippen molar-refractivity contribution in [3.63, 3.8) is 0 Å². The zero-order valence-electron chi connectivity index (χ0n) is 32.1. The van der Waals surface area contributed by atoms with Crippen LogP contribution in [0, 0.1) is 0 Å². The monoisotopic (exact) mass is 748 g/mol. The van der Waals surface area contributed by atoms with Gasteiger partial charge in [-0.25, -0.2) is 4.99 Å². The number of para-hydroxylation sites is 2. The van der Waals surface area contributed by atoms with Crippen molar-refractivity contribution in [2.45, 2.75) is 6.42 Å². The lowest BCUT2D eigenvalue weighted by Crippen LogP contribution is -2.16. The van der Waals surface area contributed by atoms with Crippen LogP contribution in [0.3, 0.4) is 0 Å². The lowest BCUT2D eigenvalue weighted by molar-refractivity contribution is 0.669. The molecule has 10 aromatic rings. The lowest BCUT2D eigenvalue weighted by Gasteiger charge is -2.24. The van der Waals surface area contributed by atoms with Crippen molar-refractivity contribution in [1.29, 1.82) is 0 Å². The molecule has 0 bridgehead atoms. The van der Waals surface area contributed by atoms with E-state index in [1.807, 2.05) is 36.4 Å². The van der Waals surface area contributed by atoms with Crippen LogP contribution in [0.1, 0.15) is 16.7 Å². The van der Waals surface area contributed by atoms with Crippen LogP contribution in [0.25, 0.3) is 66.3 Å². The van der Waals surface area contributed by atoms with Crippen LogP contribution in [0.5, 0.6) is 0 Å². The van der Waals surface area contributed by atoms with Crippen LogP contribution >= 0.6 is 0 Å². The summed E-state index contributed by atoms with van der Waals surface area (Å²) < 4.78 is 8.88. The highest BCUT2D eigenvalue weighted by Gasteiger charge is 2.24. The second-order valence-corrected chi connectivity index (χ2v) is 14.6. The van der Waals surface area contributed by atoms with Crippen molar-refractivity contribution in [3.05, 3.63) is 217 Å². The highest BCUT2D eigenvalue weighted by atomic mass is 16.3. The van der Waals surface area contributed by atoms with Gasteiger partial charge in [0.1, 0.15) is 17.0 Å². The molecule has 0 saturated heterocycles. The predicted molar refractivity (Wildman–Crippen MR) is 243 cm³/mol. The molecule has 0 saturated carbocycles. The van der Waals surface area contributed by atoms with Gasteiger partial charge in [0, 0.05) is 56.8 Å². The number of hydrogen-bond acceptors (Lipinski definition) is 3. The number of benzene rings is 8. The van der Waals surface area contributed by atoms with Crippen molar-refractivity contribution in [1.82, 2.24) is 4.57 Å². The van der Waals surface area contributed by atoms with Crippen molar-refractivity contribution >= 4 is 66.7 Å². The minimum Gasteiger partial charge on any atom is -0.456 e. The van der Waals surface area contributed by atoms with Gasteiger partial charge in [0.05, 0.1) is 16.7 Å². The first-order chi connectivity index (χ1) is 28.6. The third kappa shape index (κ3) is 6.19. The molecule has 0 aliphatic carbocycles. The van der Waals surface area contributed by atoms with Crippen LogP contribution in [-0.4, -0.2) is 17.5 Å². The molecule has 0 unspecified atom stereocenters. The predicted octanol–water partition coefficient (Wildman–Crippen LogP) is 13.1. The van der Waals surface area contributed by atoms with E-state index < -0.39 is 0 Å². The van der Waals surface area contributed by atoms with Crippen molar-refractivity contribution in [2.75, 3.05) is 11.9 Å². The maximum atomic E-state index is 6.89. The molecule has 0 aliphatic heterocycles. The molecular weight excluding hydrogens is 709 g/mol. The molecule has 0 spiro atoms. The molecule has 58 heavy (non-hydrogen) atoms. The zero-order chi connectivity index (χ0) is 39.0. The van der Waals surface area contributed by atoms with Crippen LogP contribution in [0.4, 0.5) is 11.4 Å². The van der Waals surface area contributed by atoms with E-state index in [4.69, 9.17) is 15.1 Å². The standard InChI is InChI=1S/C53H40N4O/c1-56(41-26-16-23-39(35-41)53(54)55-43(37-19-8-3-9-20-37)30-29-36-17-6-2-7-18-36)44-31-32-45-51(49(44)38-21-10-4-11-22-38)52-46(57(45)40-24-12-5-13-25-40)33-34-48-50(52)42-27-14-15-28-47(42)58-48/h2-28,30-35H,29H2,1H3,(H2,54,55)/b43-30-. The molecule has 0 fully saturated rings.